The molecule has 0 spiro atoms. The van der Waals surface area contributed by atoms with E-state index >= 15 is 0 Å². The van der Waals surface area contributed by atoms with Gasteiger partial charge < -0.3 is 5.11 Å². The van der Waals surface area contributed by atoms with Crippen LogP contribution in [0.3, 0.4) is 0 Å². The first kappa shape index (κ1) is 13.6. The van der Waals surface area contributed by atoms with E-state index < -0.39 is 18.3 Å². The van der Waals surface area contributed by atoms with Crippen molar-refractivity contribution in [3.05, 3.63) is 70.5 Å². The first-order valence-corrected chi connectivity index (χ1v) is 5.80. The first-order chi connectivity index (χ1) is 8.97. The van der Waals surface area contributed by atoms with Gasteiger partial charge in [-0.2, -0.15) is 0 Å². The number of aliphatic hydroxyl groups is 1. The summed E-state index contributed by atoms with van der Waals surface area (Å²) < 4.78 is 38.5. The molecule has 1 unspecified atom stereocenters. The molecule has 0 heterocycles. The van der Waals surface area contributed by atoms with Crippen molar-refractivity contribution >= 4 is 0 Å². The van der Waals surface area contributed by atoms with Crippen LogP contribution in [-0.4, -0.2) is 5.11 Å². The highest BCUT2D eigenvalue weighted by Crippen LogP contribution is 2.27. The maximum atomic E-state index is 13.3. The van der Waals surface area contributed by atoms with Gasteiger partial charge in [-0.05, 0) is 41.8 Å². The van der Waals surface area contributed by atoms with Crippen LogP contribution in [0.25, 0.3) is 0 Å². The number of hydrogen-bond acceptors (Lipinski definition) is 1. The molecule has 19 heavy (non-hydrogen) atoms. The van der Waals surface area contributed by atoms with Crippen molar-refractivity contribution in [3.63, 3.8) is 0 Å². The minimum Gasteiger partial charge on any atom is -0.384 e. The fraction of sp³-hybridized carbons (Fsp3) is 0.200. The summed E-state index contributed by atoms with van der Waals surface area (Å²) in [4.78, 5) is 0. The Labute approximate surface area is 109 Å². The van der Waals surface area contributed by atoms with Gasteiger partial charge in [0.2, 0.25) is 0 Å². The van der Waals surface area contributed by atoms with E-state index in [0.29, 0.717) is 16.7 Å². The maximum absolute atomic E-state index is 13.3. The van der Waals surface area contributed by atoms with Crippen LogP contribution in [0.5, 0.6) is 0 Å². The average molecular weight is 266 g/mol. The molecule has 0 aromatic heterocycles. The minimum atomic E-state index is -2.60. The zero-order valence-electron chi connectivity index (χ0n) is 10.3. The molecule has 0 amide bonds. The second-order valence-electron chi connectivity index (χ2n) is 4.44. The van der Waals surface area contributed by atoms with Crippen molar-refractivity contribution in [2.45, 2.75) is 19.5 Å². The molecule has 1 nitrogen and oxygen atoms in total. The van der Waals surface area contributed by atoms with Crippen LogP contribution in [0.2, 0.25) is 0 Å². The second kappa shape index (κ2) is 5.45. The summed E-state index contributed by atoms with van der Waals surface area (Å²) in [6, 6.07) is 9.68. The number of halogens is 3. The molecular formula is C15H13F3O. The van der Waals surface area contributed by atoms with E-state index in [0.717, 1.165) is 0 Å². The second-order valence-corrected chi connectivity index (χ2v) is 4.44. The Hall–Kier alpha value is -1.81. The Bertz CT molecular complexity index is 561. The summed E-state index contributed by atoms with van der Waals surface area (Å²) in [5.74, 6) is -0.459. The maximum Gasteiger partial charge on any atom is 0.263 e. The number of aliphatic hydroxyl groups excluding tert-OH is 1. The third-order valence-corrected chi connectivity index (χ3v) is 2.86. The van der Waals surface area contributed by atoms with Gasteiger partial charge in [-0.15, -0.1) is 0 Å². The van der Waals surface area contributed by atoms with Gasteiger partial charge in [-0.3, -0.25) is 0 Å². The molecule has 0 saturated carbocycles. The van der Waals surface area contributed by atoms with Gasteiger partial charge in [0.05, 0.1) is 0 Å². The summed E-state index contributed by atoms with van der Waals surface area (Å²) in [6.07, 6.45) is -3.71. The van der Waals surface area contributed by atoms with Gasteiger partial charge in [0.25, 0.3) is 6.43 Å². The molecule has 2 aromatic rings. The lowest BCUT2D eigenvalue weighted by Crippen LogP contribution is -2.02. The van der Waals surface area contributed by atoms with Gasteiger partial charge in [0, 0.05) is 5.56 Å². The first-order valence-electron chi connectivity index (χ1n) is 5.80. The van der Waals surface area contributed by atoms with Crippen molar-refractivity contribution in [2.24, 2.45) is 0 Å². The molecule has 0 saturated heterocycles. The topological polar surface area (TPSA) is 20.2 Å². The number of benzene rings is 2. The fourth-order valence-electron chi connectivity index (χ4n) is 1.98. The molecule has 0 aliphatic carbocycles. The molecule has 1 N–H and O–H groups in total. The van der Waals surface area contributed by atoms with Gasteiger partial charge >= 0.3 is 0 Å². The predicted octanol–water partition coefficient (Wildman–Crippen LogP) is 4.15. The molecule has 2 aromatic carbocycles. The lowest BCUT2D eigenvalue weighted by atomic mass is 9.98. The molecular weight excluding hydrogens is 253 g/mol. The van der Waals surface area contributed by atoms with E-state index in [-0.39, 0.29) is 5.56 Å². The molecule has 4 heteroatoms. The highest BCUT2D eigenvalue weighted by atomic mass is 19.3. The summed E-state index contributed by atoms with van der Waals surface area (Å²) in [5.41, 5.74) is 1.18. The van der Waals surface area contributed by atoms with Crippen LogP contribution in [0, 0.1) is 12.7 Å². The van der Waals surface area contributed by atoms with Crippen LogP contribution in [0.1, 0.15) is 34.8 Å². The number of hydrogen-bond donors (Lipinski definition) is 1. The van der Waals surface area contributed by atoms with Crippen LogP contribution < -0.4 is 0 Å². The Kier molecular flexibility index (Phi) is 3.90. The largest absolute Gasteiger partial charge is 0.384 e. The normalized spacial score (nSPS) is 12.7. The lowest BCUT2D eigenvalue weighted by molar-refractivity contribution is 0.150. The SMILES string of the molecule is Cc1cc(F)cc(C(O)c2cccc(C(F)F)c2)c1. The van der Waals surface area contributed by atoms with Crippen molar-refractivity contribution in [1.82, 2.24) is 0 Å². The van der Waals surface area contributed by atoms with E-state index in [1.54, 1.807) is 13.0 Å². The molecule has 0 radical (unpaired) electrons. The molecule has 0 bridgehead atoms. The number of aryl methyl sites for hydroxylation is 1. The summed E-state index contributed by atoms with van der Waals surface area (Å²) >= 11 is 0. The Morgan fingerprint density at radius 1 is 0.947 bits per heavy atom. The highest BCUT2D eigenvalue weighted by Gasteiger charge is 2.14. The van der Waals surface area contributed by atoms with Gasteiger partial charge in [-0.25, -0.2) is 13.2 Å². The predicted molar refractivity (Wildman–Crippen MR) is 66.6 cm³/mol. The van der Waals surface area contributed by atoms with Crippen LogP contribution in [-0.2, 0) is 0 Å². The quantitative estimate of drug-likeness (QED) is 0.884. The molecule has 100 valence electrons. The molecule has 1 atom stereocenters. The lowest BCUT2D eigenvalue weighted by Gasteiger charge is -2.13. The average Bonchev–Trinajstić information content (AvgIpc) is 2.37. The summed E-state index contributed by atoms with van der Waals surface area (Å²) in [6.45, 7) is 1.70. The third-order valence-electron chi connectivity index (χ3n) is 2.86. The van der Waals surface area contributed by atoms with Crippen molar-refractivity contribution < 1.29 is 18.3 Å². The third kappa shape index (κ3) is 3.15. The van der Waals surface area contributed by atoms with Gasteiger partial charge in [-0.1, -0.05) is 24.3 Å². The highest BCUT2D eigenvalue weighted by molar-refractivity contribution is 5.35. The zero-order chi connectivity index (χ0) is 14.0. The van der Waals surface area contributed by atoms with E-state index in [1.807, 2.05) is 0 Å². The van der Waals surface area contributed by atoms with Crippen molar-refractivity contribution in [1.29, 1.82) is 0 Å². The fourth-order valence-corrected chi connectivity index (χ4v) is 1.98. The monoisotopic (exact) mass is 266 g/mol. The Morgan fingerprint density at radius 2 is 1.63 bits per heavy atom. The molecule has 2 rings (SSSR count). The smallest absolute Gasteiger partial charge is 0.263 e. The van der Waals surface area contributed by atoms with Crippen LogP contribution >= 0.6 is 0 Å². The molecule has 0 fully saturated rings. The Balaban J connectivity index is 2.38. The van der Waals surface area contributed by atoms with Crippen molar-refractivity contribution in [2.75, 3.05) is 0 Å². The standard InChI is InChI=1S/C15H13F3O/c1-9-5-12(8-13(16)6-9)14(19)10-3-2-4-11(7-10)15(17)18/h2-8,14-15,19H,1H3. The van der Waals surface area contributed by atoms with Gasteiger partial charge in [0.1, 0.15) is 11.9 Å². The molecule has 0 aliphatic rings. The van der Waals surface area contributed by atoms with E-state index in [2.05, 4.69) is 0 Å². The summed E-state index contributed by atoms with van der Waals surface area (Å²) in [7, 11) is 0. The van der Waals surface area contributed by atoms with E-state index in [4.69, 9.17) is 0 Å². The number of alkyl halides is 2. The van der Waals surface area contributed by atoms with E-state index in [9.17, 15) is 18.3 Å². The number of rotatable bonds is 3. The van der Waals surface area contributed by atoms with E-state index in [1.165, 1.54) is 36.4 Å². The Morgan fingerprint density at radius 3 is 2.26 bits per heavy atom. The minimum absolute atomic E-state index is 0.162. The van der Waals surface area contributed by atoms with Crippen LogP contribution in [0.15, 0.2) is 42.5 Å². The van der Waals surface area contributed by atoms with Gasteiger partial charge in [0.15, 0.2) is 0 Å². The summed E-state index contributed by atoms with van der Waals surface area (Å²) in [5, 5.41) is 10.1. The van der Waals surface area contributed by atoms with Crippen molar-refractivity contribution in [3.8, 4) is 0 Å². The zero-order valence-corrected chi connectivity index (χ0v) is 10.3. The van der Waals surface area contributed by atoms with Crippen LogP contribution in [0.4, 0.5) is 13.2 Å². The molecule has 0 aliphatic heterocycles.